The van der Waals surface area contributed by atoms with Gasteiger partial charge < -0.3 is 14.8 Å². The highest BCUT2D eigenvalue weighted by molar-refractivity contribution is 14.1. The van der Waals surface area contributed by atoms with Gasteiger partial charge in [0.1, 0.15) is 18.5 Å². The molecule has 4 heteroatoms. The van der Waals surface area contributed by atoms with Crippen LogP contribution in [-0.2, 0) is 4.74 Å². The zero-order chi connectivity index (χ0) is 10.5. The van der Waals surface area contributed by atoms with Crippen molar-refractivity contribution in [3.05, 3.63) is 27.8 Å². The van der Waals surface area contributed by atoms with Crippen LogP contribution in [-0.4, -0.2) is 32.4 Å². The molecular weight excluding hydrogens is 305 g/mol. The molecule has 2 rings (SSSR count). The van der Waals surface area contributed by atoms with E-state index in [4.69, 9.17) is 9.47 Å². The summed E-state index contributed by atoms with van der Waals surface area (Å²) in [5, 5.41) is 3.28. The number of hydrogen-bond donors (Lipinski definition) is 1. The van der Waals surface area contributed by atoms with E-state index in [0.29, 0.717) is 6.61 Å². The first-order valence-corrected chi connectivity index (χ1v) is 6.14. The van der Waals surface area contributed by atoms with Crippen molar-refractivity contribution in [1.82, 2.24) is 5.32 Å². The quantitative estimate of drug-likeness (QED) is 0.860. The average molecular weight is 319 g/mol. The van der Waals surface area contributed by atoms with Gasteiger partial charge in [-0.05, 0) is 34.7 Å². The molecule has 1 aromatic rings. The molecule has 1 saturated heterocycles. The molecule has 0 spiro atoms. The third-order valence-electron chi connectivity index (χ3n) is 2.27. The van der Waals surface area contributed by atoms with Gasteiger partial charge in [0.05, 0.1) is 10.2 Å². The molecule has 0 radical (unpaired) electrons. The van der Waals surface area contributed by atoms with Gasteiger partial charge in [-0.1, -0.05) is 12.1 Å². The number of morpholine rings is 1. The lowest BCUT2D eigenvalue weighted by Crippen LogP contribution is -2.41. The van der Waals surface area contributed by atoms with Crippen molar-refractivity contribution in [1.29, 1.82) is 0 Å². The first-order chi connectivity index (χ1) is 7.36. The van der Waals surface area contributed by atoms with E-state index in [-0.39, 0.29) is 6.10 Å². The molecule has 1 aliphatic heterocycles. The molecule has 1 N–H and O–H groups in total. The highest BCUT2D eigenvalue weighted by Gasteiger charge is 2.14. The predicted molar refractivity (Wildman–Crippen MR) is 67.3 cm³/mol. The molecule has 1 fully saturated rings. The first kappa shape index (κ1) is 11.2. The van der Waals surface area contributed by atoms with Crippen molar-refractivity contribution in [2.45, 2.75) is 6.10 Å². The smallest absolute Gasteiger partial charge is 0.132 e. The van der Waals surface area contributed by atoms with Gasteiger partial charge in [-0.3, -0.25) is 0 Å². The summed E-state index contributed by atoms with van der Waals surface area (Å²) in [5.74, 6) is 0.937. The van der Waals surface area contributed by atoms with Crippen LogP contribution in [0.5, 0.6) is 5.75 Å². The molecule has 1 atom stereocenters. The summed E-state index contributed by atoms with van der Waals surface area (Å²) in [6, 6.07) is 8.01. The summed E-state index contributed by atoms with van der Waals surface area (Å²) in [4.78, 5) is 0. The minimum Gasteiger partial charge on any atom is -0.490 e. The van der Waals surface area contributed by atoms with Crippen LogP contribution in [0, 0.1) is 3.57 Å². The van der Waals surface area contributed by atoms with E-state index in [1.165, 1.54) is 0 Å². The van der Waals surface area contributed by atoms with Gasteiger partial charge in [0.2, 0.25) is 0 Å². The lowest BCUT2D eigenvalue weighted by molar-refractivity contribution is 0.0000219. The maximum atomic E-state index is 5.70. The molecule has 0 bridgehead atoms. The molecule has 1 unspecified atom stereocenters. The highest BCUT2D eigenvalue weighted by Crippen LogP contribution is 2.19. The van der Waals surface area contributed by atoms with Crippen molar-refractivity contribution >= 4 is 22.6 Å². The van der Waals surface area contributed by atoms with Crippen LogP contribution in [0.15, 0.2) is 24.3 Å². The Morgan fingerprint density at radius 2 is 2.33 bits per heavy atom. The van der Waals surface area contributed by atoms with E-state index in [2.05, 4.69) is 27.9 Å². The minimum atomic E-state index is 0.176. The Morgan fingerprint density at radius 3 is 3.07 bits per heavy atom. The SMILES string of the molecule is Ic1ccccc1OCC1CNCCO1. The zero-order valence-corrected chi connectivity index (χ0v) is 10.6. The number of hydrogen-bond acceptors (Lipinski definition) is 3. The standard InChI is InChI=1S/C11H14INO2/c12-10-3-1-2-4-11(10)15-8-9-7-13-5-6-14-9/h1-4,9,13H,5-8H2. The number of benzene rings is 1. The summed E-state index contributed by atoms with van der Waals surface area (Å²) in [7, 11) is 0. The monoisotopic (exact) mass is 319 g/mol. The van der Waals surface area contributed by atoms with Crippen LogP contribution in [0.1, 0.15) is 0 Å². The Balaban J connectivity index is 1.84. The number of rotatable bonds is 3. The van der Waals surface area contributed by atoms with Crippen LogP contribution >= 0.6 is 22.6 Å². The molecule has 82 valence electrons. The molecule has 0 aromatic heterocycles. The summed E-state index contributed by atoms with van der Waals surface area (Å²) in [6.45, 7) is 3.22. The highest BCUT2D eigenvalue weighted by atomic mass is 127. The Hall–Kier alpha value is -0.330. The molecular formula is C11H14INO2. The van der Waals surface area contributed by atoms with Crippen LogP contribution in [0.3, 0.4) is 0 Å². The Kier molecular flexibility index (Phi) is 4.22. The van der Waals surface area contributed by atoms with Crippen LogP contribution in [0.4, 0.5) is 0 Å². The molecule has 1 heterocycles. The van der Waals surface area contributed by atoms with E-state index >= 15 is 0 Å². The largest absolute Gasteiger partial charge is 0.490 e. The minimum absolute atomic E-state index is 0.176. The third kappa shape index (κ3) is 3.32. The molecule has 0 aliphatic carbocycles. The predicted octanol–water partition coefficient (Wildman–Crippen LogP) is 1.66. The Bertz CT molecular complexity index is 313. The average Bonchev–Trinajstić information content (AvgIpc) is 2.29. The van der Waals surface area contributed by atoms with Gasteiger partial charge in [0, 0.05) is 13.1 Å². The zero-order valence-electron chi connectivity index (χ0n) is 8.41. The number of ether oxygens (including phenoxy) is 2. The number of nitrogens with one attached hydrogen (secondary N) is 1. The lowest BCUT2D eigenvalue weighted by atomic mass is 10.3. The molecule has 15 heavy (non-hydrogen) atoms. The van der Waals surface area contributed by atoms with Crippen molar-refractivity contribution in [2.24, 2.45) is 0 Å². The van der Waals surface area contributed by atoms with Crippen molar-refractivity contribution in [3.63, 3.8) is 0 Å². The number of para-hydroxylation sites is 1. The Morgan fingerprint density at radius 1 is 1.47 bits per heavy atom. The maximum Gasteiger partial charge on any atom is 0.132 e. The summed E-state index contributed by atoms with van der Waals surface area (Å²) < 4.78 is 12.4. The number of halogens is 1. The molecule has 1 aromatic carbocycles. The van der Waals surface area contributed by atoms with Gasteiger partial charge in [-0.25, -0.2) is 0 Å². The molecule has 0 amide bonds. The van der Waals surface area contributed by atoms with Gasteiger partial charge >= 0.3 is 0 Å². The first-order valence-electron chi connectivity index (χ1n) is 5.06. The van der Waals surface area contributed by atoms with Crippen LogP contribution < -0.4 is 10.1 Å². The van der Waals surface area contributed by atoms with Gasteiger partial charge in [0.25, 0.3) is 0 Å². The second-order valence-electron chi connectivity index (χ2n) is 3.44. The molecule has 3 nitrogen and oxygen atoms in total. The van der Waals surface area contributed by atoms with Gasteiger partial charge in [-0.15, -0.1) is 0 Å². The van der Waals surface area contributed by atoms with E-state index < -0.39 is 0 Å². The van der Waals surface area contributed by atoms with E-state index in [1.807, 2.05) is 24.3 Å². The molecule has 1 aliphatic rings. The van der Waals surface area contributed by atoms with E-state index in [9.17, 15) is 0 Å². The lowest BCUT2D eigenvalue weighted by Gasteiger charge is -2.23. The van der Waals surface area contributed by atoms with Crippen LogP contribution in [0.25, 0.3) is 0 Å². The second kappa shape index (κ2) is 5.67. The fraction of sp³-hybridized carbons (Fsp3) is 0.455. The van der Waals surface area contributed by atoms with E-state index in [0.717, 1.165) is 29.0 Å². The topological polar surface area (TPSA) is 30.5 Å². The van der Waals surface area contributed by atoms with Gasteiger partial charge in [-0.2, -0.15) is 0 Å². The maximum absolute atomic E-state index is 5.70. The summed E-state index contributed by atoms with van der Waals surface area (Å²) >= 11 is 2.27. The van der Waals surface area contributed by atoms with E-state index in [1.54, 1.807) is 0 Å². The van der Waals surface area contributed by atoms with Crippen molar-refractivity contribution < 1.29 is 9.47 Å². The van der Waals surface area contributed by atoms with Crippen molar-refractivity contribution in [3.8, 4) is 5.75 Å². The van der Waals surface area contributed by atoms with Crippen molar-refractivity contribution in [2.75, 3.05) is 26.3 Å². The van der Waals surface area contributed by atoms with Crippen LogP contribution in [0.2, 0.25) is 0 Å². The van der Waals surface area contributed by atoms with Gasteiger partial charge in [0.15, 0.2) is 0 Å². The normalized spacial score (nSPS) is 21.3. The second-order valence-corrected chi connectivity index (χ2v) is 4.60. The fourth-order valence-electron chi connectivity index (χ4n) is 1.47. The molecule has 0 saturated carbocycles. The fourth-order valence-corrected chi connectivity index (χ4v) is 2.01. The summed E-state index contributed by atoms with van der Waals surface area (Å²) in [5.41, 5.74) is 0. The third-order valence-corrected chi connectivity index (χ3v) is 3.16. The summed E-state index contributed by atoms with van der Waals surface area (Å²) in [6.07, 6.45) is 0.176. The Labute approximate surface area is 103 Å².